The summed E-state index contributed by atoms with van der Waals surface area (Å²) in [6.45, 7) is 0.793. The van der Waals surface area contributed by atoms with Crippen molar-refractivity contribution in [1.82, 2.24) is 4.98 Å². The highest BCUT2D eigenvalue weighted by Crippen LogP contribution is 2.44. The van der Waals surface area contributed by atoms with Crippen LogP contribution < -0.4 is 0 Å². The van der Waals surface area contributed by atoms with E-state index in [1.165, 1.54) is 5.75 Å². The minimum atomic E-state index is -0.353. The van der Waals surface area contributed by atoms with E-state index in [1.54, 1.807) is 23.0 Å². The smallest absolute Gasteiger partial charge is 0.0927 e. The lowest BCUT2D eigenvalue weighted by Crippen LogP contribution is -2.41. The number of aromatic nitrogens is 1. The van der Waals surface area contributed by atoms with Crippen LogP contribution in [0.5, 0.6) is 0 Å². The molecule has 3 heterocycles. The first-order chi connectivity index (χ1) is 8.29. The standard InChI is InChI=1S/C12H17NO2S2/c14-11(10-6-13-8-17-10)9-1-3-15-12(5-9)2-4-16-7-12/h6,8-9,11,14H,1-5,7H2. The van der Waals surface area contributed by atoms with Crippen LogP contribution in [0.3, 0.4) is 0 Å². The van der Waals surface area contributed by atoms with Crippen molar-refractivity contribution in [3.63, 3.8) is 0 Å². The van der Waals surface area contributed by atoms with Crippen molar-refractivity contribution in [2.75, 3.05) is 18.1 Å². The summed E-state index contributed by atoms with van der Waals surface area (Å²) in [7, 11) is 0. The second-order valence-electron chi connectivity index (χ2n) is 4.94. The number of thioether (sulfide) groups is 1. The van der Waals surface area contributed by atoms with E-state index in [0.717, 1.165) is 36.5 Å². The maximum Gasteiger partial charge on any atom is 0.0927 e. The fourth-order valence-electron chi connectivity index (χ4n) is 2.80. The van der Waals surface area contributed by atoms with Gasteiger partial charge in [-0.25, -0.2) is 0 Å². The van der Waals surface area contributed by atoms with Crippen LogP contribution >= 0.6 is 23.1 Å². The van der Waals surface area contributed by atoms with Gasteiger partial charge in [0, 0.05) is 18.6 Å². The van der Waals surface area contributed by atoms with Gasteiger partial charge < -0.3 is 9.84 Å². The van der Waals surface area contributed by atoms with Crippen LogP contribution in [-0.4, -0.2) is 33.8 Å². The fraction of sp³-hybridized carbons (Fsp3) is 0.750. The Hall–Kier alpha value is -0.100. The van der Waals surface area contributed by atoms with E-state index < -0.39 is 0 Å². The topological polar surface area (TPSA) is 42.4 Å². The molecule has 2 saturated heterocycles. The molecule has 3 nitrogen and oxygen atoms in total. The molecule has 3 rings (SSSR count). The van der Waals surface area contributed by atoms with Gasteiger partial charge in [-0.1, -0.05) is 0 Å². The summed E-state index contributed by atoms with van der Waals surface area (Å²) in [5.41, 5.74) is 1.85. The molecule has 3 unspecified atom stereocenters. The Balaban J connectivity index is 1.71. The highest BCUT2D eigenvalue weighted by Gasteiger charge is 2.42. The number of hydrogen-bond acceptors (Lipinski definition) is 5. The normalized spacial score (nSPS) is 35.2. The number of thiazole rings is 1. The maximum absolute atomic E-state index is 10.4. The molecule has 0 aromatic carbocycles. The summed E-state index contributed by atoms with van der Waals surface area (Å²) in [4.78, 5) is 5.05. The van der Waals surface area contributed by atoms with E-state index in [2.05, 4.69) is 4.98 Å². The molecule has 0 amide bonds. The Morgan fingerprint density at radius 3 is 3.24 bits per heavy atom. The number of rotatable bonds is 2. The molecule has 1 aromatic heterocycles. The van der Waals surface area contributed by atoms with E-state index in [1.807, 2.05) is 11.8 Å². The first-order valence-corrected chi connectivity index (χ1v) is 8.11. The van der Waals surface area contributed by atoms with Gasteiger partial charge in [-0.3, -0.25) is 4.98 Å². The largest absolute Gasteiger partial charge is 0.387 e. The van der Waals surface area contributed by atoms with E-state index in [0.29, 0.717) is 5.92 Å². The third-order valence-electron chi connectivity index (χ3n) is 3.79. The Labute approximate surface area is 110 Å². The summed E-state index contributed by atoms with van der Waals surface area (Å²) < 4.78 is 5.98. The monoisotopic (exact) mass is 271 g/mol. The molecule has 1 spiro atoms. The number of nitrogens with zero attached hydrogens (tertiary/aromatic N) is 1. The molecule has 5 heteroatoms. The number of hydrogen-bond donors (Lipinski definition) is 1. The van der Waals surface area contributed by atoms with Gasteiger partial charge in [0.25, 0.3) is 0 Å². The molecular formula is C12H17NO2S2. The van der Waals surface area contributed by atoms with Gasteiger partial charge >= 0.3 is 0 Å². The second kappa shape index (κ2) is 4.88. The highest BCUT2D eigenvalue weighted by molar-refractivity contribution is 7.99. The van der Waals surface area contributed by atoms with E-state index >= 15 is 0 Å². The van der Waals surface area contributed by atoms with Crippen molar-refractivity contribution in [3.05, 3.63) is 16.6 Å². The number of aliphatic hydroxyl groups excluding tert-OH is 1. The molecule has 17 heavy (non-hydrogen) atoms. The molecule has 2 fully saturated rings. The van der Waals surface area contributed by atoms with Gasteiger partial charge in [0.2, 0.25) is 0 Å². The average molecular weight is 271 g/mol. The second-order valence-corrected chi connectivity index (χ2v) is 6.96. The van der Waals surface area contributed by atoms with Gasteiger partial charge in [-0.2, -0.15) is 11.8 Å². The third-order valence-corrected chi connectivity index (χ3v) is 5.86. The molecule has 0 bridgehead atoms. The van der Waals surface area contributed by atoms with Crippen molar-refractivity contribution in [2.45, 2.75) is 31.0 Å². The fourth-order valence-corrected chi connectivity index (χ4v) is 4.88. The summed E-state index contributed by atoms with van der Waals surface area (Å²) in [6, 6.07) is 0. The van der Waals surface area contributed by atoms with E-state index in [4.69, 9.17) is 4.74 Å². The van der Waals surface area contributed by atoms with Crippen LogP contribution in [0.15, 0.2) is 11.7 Å². The summed E-state index contributed by atoms with van der Waals surface area (Å²) in [5.74, 6) is 2.63. The zero-order chi connectivity index (χ0) is 11.7. The Kier molecular flexibility index (Phi) is 3.43. The molecule has 2 aliphatic heterocycles. The SMILES string of the molecule is OC(c1cncs1)C1CCOC2(CCSC2)C1. The lowest BCUT2D eigenvalue weighted by Gasteiger charge is -2.39. The van der Waals surface area contributed by atoms with Crippen molar-refractivity contribution in [3.8, 4) is 0 Å². The zero-order valence-corrected chi connectivity index (χ0v) is 11.3. The highest BCUT2D eigenvalue weighted by atomic mass is 32.2. The molecule has 1 N–H and O–H groups in total. The van der Waals surface area contributed by atoms with E-state index in [-0.39, 0.29) is 11.7 Å². The molecule has 3 atom stereocenters. The van der Waals surface area contributed by atoms with Crippen molar-refractivity contribution in [1.29, 1.82) is 0 Å². The quantitative estimate of drug-likeness (QED) is 0.897. The summed E-state index contributed by atoms with van der Waals surface area (Å²) >= 11 is 3.52. The van der Waals surface area contributed by atoms with Crippen molar-refractivity contribution >= 4 is 23.1 Å². The molecular weight excluding hydrogens is 254 g/mol. The van der Waals surface area contributed by atoms with Crippen LogP contribution in [0.1, 0.15) is 30.2 Å². The average Bonchev–Trinajstić information content (AvgIpc) is 3.00. The summed E-state index contributed by atoms with van der Waals surface area (Å²) in [6.07, 6.45) is 4.54. The van der Waals surface area contributed by atoms with Crippen LogP contribution in [0, 0.1) is 5.92 Å². The first kappa shape index (κ1) is 12.0. The van der Waals surface area contributed by atoms with Gasteiger partial charge in [-0.15, -0.1) is 11.3 Å². The third kappa shape index (κ3) is 2.38. The van der Waals surface area contributed by atoms with Gasteiger partial charge in [0.1, 0.15) is 0 Å². The van der Waals surface area contributed by atoms with Gasteiger partial charge in [-0.05, 0) is 30.9 Å². The first-order valence-electron chi connectivity index (χ1n) is 6.07. The zero-order valence-electron chi connectivity index (χ0n) is 9.67. The molecule has 0 aliphatic carbocycles. The predicted octanol–water partition coefficient (Wildman–Crippen LogP) is 2.48. The van der Waals surface area contributed by atoms with Crippen molar-refractivity contribution in [2.24, 2.45) is 5.92 Å². The Bertz CT molecular complexity index is 363. The number of ether oxygens (including phenoxy) is 1. The summed E-state index contributed by atoms with van der Waals surface area (Å²) in [5, 5.41) is 10.4. The minimum Gasteiger partial charge on any atom is -0.387 e. The molecule has 2 aliphatic rings. The van der Waals surface area contributed by atoms with Crippen LogP contribution in [-0.2, 0) is 4.74 Å². The molecule has 94 valence electrons. The van der Waals surface area contributed by atoms with Gasteiger partial charge in [0.15, 0.2) is 0 Å². The maximum atomic E-state index is 10.4. The number of aliphatic hydroxyl groups is 1. The molecule has 0 radical (unpaired) electrons. The van der Waals surface area contributed by atoms with Crippen LogP contribution in [0.2, 0.25) is 0 Å². The predicted molar refractivity (Wildman–Crippen MR) is 70.4 cm³/mol. The lowest BCUT2D eigenvalue weighted by atomic mass is 9.82. The minimum absolute atomic E-state index is 0.0548. The molecule has 0 saturated carbocycles. The lowest BCUT2D eigenvalue weighted by molar-refractivity contribution is -0.101. The Morgan fingerprint density at radius 2 is 2.53 bits per heavy atom. The van der Waals surface area contributed by atoms with Crippen molar-refractivity contribution < 1.29 is 9.84 Å². The van der Waals surface area contributed by atoms with Crippen LogP contribution in [0.4, 0.5) is 0 Å². The van der Waals surface area contributed by atoms with Gasteiger partial charge in [0.05, 0.1) is 22.1 Å². The van der Waals surface area contributed by atoms with Crippen LogP contribution in [0.25, 0.3) is 0 Å². The van der Waals surface area contributed by atoms with E-state index in [9.17, 15) is 5.11 Å². The molecule has 1 aromatic rings. The Morgan fingerprint density at radius 1 is 1.59 bits per heavy atom.